The Balaban J connectivity index is 2.49. The molecule has 0 aromatic carbocycles. The van der Waals surface area contributed by atoms with Crippen LogP contribution in [0.1, 0.15) is 6.92 Å². The third-order valence-electron chi connectivity index (χ3n) is 3.40. The van der Waals surface area contributed by atoms with Crippen LogP contribution < -0.4 is 5.73 Å². The molecule has 0 radical (unpaired) electrons. The van der Waals surface area contributed by atoms with Crippen LogP contribution in [0.3, 0.4) is 0 Å². The molecule has 8 heteroatoms. The maximum atomic E-state index is 10.6. The third kappa shape index (κ3) is 2.22. The first-order valence-electron chi connectivity index (χ1n) is 6.05. The van der Waals surface area contributed by atoms with E-state index in [1.54, 1.807) is 12.3 Å². The molecule has 2 aromatic rings. The number of aliphatic hydroxyl groups excluding tert-OH is 2. The summed E-state index contributed by atoms with van der Waals surface area (Å²) >= 11 is 0. The molecule has 3 atom stereocenters. The predicted molar refractivity (Wildman–Crippen MR) is 71.7 cm³/mol. The summed E-state index contributed by atoms with van der Waals surface area (Å²) in [6, 6.07) is 1.65. The Hall–Kier alpha value is -1.74. The number of fused-ring (bicyclic) bond motifs is 1. The van der Waals surface area contributed by atoms with E-state index < -0.39 is 24.5 Å². The molecule has 0 saturated carbocycles. The second kappa shape index (κ2) is 5.33. The van der Waals surface area contributed by atoms with Gasteiger partial charge in [-0.05, 0) is 13.0 Å². The van der Waals surface area contributed by atoms with Crippen LogP contribution in [0.25, 0.3) is 11.0 Å². The van der Waals surface area contributed by atoms with Gasteiger partial charge in [0.25, 0.3) is 0 Å². The summed E-state index contributed by atoms with van der Waals surface area (Å²) in [5, 5.41) is 30.5. The maximum Gasteiger partial charge on any atom is 0.168 e. The van der Waals surface area contributed by atoms with Crippen molar-refractivity contribution in [3.63, 3.8) is 0 Å². The van der Waals surface area contributed by atoms with E-state index in [-0.39, 0.29) is 5.82 Å². The van der Waals surface area contributed by atoms with Crippen molar-refractivity contribution in [3.05, 3.63) is 18.6 Å². The summed E-state index contributed by atoms with van der Waals surface area (Å²) in [6.45, 7) is 0.973. The molecular formula is C12H18N4O4. The lowest BCUT2D eigenvalue weighted by molar-refractivity contribution is -0.174. The number of anilines is 1. The number of nitrogens with two attached hydrogens (primary N) is 1. The van der Waals surface area contributed by atoms with Crippen molar-refractivity contribution in [1.29, 1.82) is 0 Å². The zero-order valence-electron chi connectivity index (χ0n) is 11.3. The minimum atomic E-state index is -1.73. The number of hydrogen-bond donors (Lipinski definition) is 4. The van der Waals surface area contributed by atoms with Crippen molar-refractivity contribution in [2.45, 2.75) is 24.9 Å². The van der Waals surface area contributed by atoms with Crippen LogP contribution in [-0.4, -0.2) is 55.8 Å². The molecule has 0 bridgehead atoms. The summed E-state index contributed by atoms with van der Waals surface area (Å²) < 4.78 is 6.32. The Morgan fingerprint density at radius 1 is 1.50 bits per heavy atom. The fraction of sp³-hybridized carbons (Fsp3) is 0.500. The summed E-state index contributed by atoms with van der Waals surface area (Å²) in [5.74, 6) is 0.282. The van der Waals surface area contributed by atoms with Gasteiger partial charge in [0, 0.05) is 13.3 Å². The largest absolute Gasteiger partial charge is 0.394 e. The molecule has 0 aliphatic carbocycles. The van der Waals surface area contributed by atoms with E-state index in [0.717, 1.165) is 0 Å². The summed E-state index contributed by atoms with van der Waals surface area (Å²) in [4.78, 5) is 7.92. The molecule has 0 unspecified atom stereocenters. The molecule has 110 valence electrons. The second-order valence-electron chi connectivity index (χ2n) is 4.68. The van der Waals surface area contributed by atoms with E-state index in [0.29, 0.717) is 11.0 Å². The molecule has 5 N–H and O–H groups in total. The first-order valence-corrected chi connectivity index (χ1v) is 6.05. The molecule has 0 amide bonds. The van der Waals surface area contributed by atoms with Crippen molar-refractivity contribution in [1.82, 2.24) is 14.5 Å². The average molecular weight is 282 g/mol. The number of methoxy groups -OCH3 is 1. The molecule has 0 spiro atoms. The van der Waals surface area contributed by atoms with Crippen molar-refractivity contribution >= 4 is 16.9 Å². The van der Waals surface area contributed by atoms with Gasteiger partial charge in [0.2, 0.25) is 0 Å². The van der Waals surface area contributed by atoms with Crippen LogP contribution in [0.2, 0.25) is 0 Å². The fourth-order valence-electron chi connectivity index (χ4n) is 2.13. The molecule has 20 heavy (non-hydrogen) atoms. The van der Waals surface area contributed by atoms with Crippen LogP contribution in [0.15, 0.2) is 18.6 Å². The first kappa shape index (κ1) is 14.7. The van der Waals surface area contributed by atoms with Gasteiger partial charge < -0.3 is 30.4 Å². The number of nitrogens with zero attached hydrogens (tertiary/aromatic N) is 3. The van der Waals surface area contributed by atoms with Gasteiger partial charge in [-0.3, -0.25) is 0 Å². The zero-order valence-corrected chi connectivity index (χ0v) is 11.3. The van der Waals surface area contributed by atoms with Gasteiger partial charge in [0.1, 0.15) is 30.0 Å². The molecular weight excluding hydrogens is 264 g/mol. The standard InChI is InChI=1S/C12H18N4O4/c1-12(19,9(18)8(5-17)20-2)16-4-3-7-10(13)14-6-15-11(7)16/h3-4,6,8-9,17-19H,5H2,1-2H3,(H2,13,14,15)/t8-,9-,12-/m1/s1. The van der Waals surface area contributed by atoms with Gasteiger partial charge in [-0.2, -0.15) is 0 Å². The predicted octanol–water partition coefficient (Wildman–Crippen LogP) is -0.953. The molecule has 0 fully saturated rings. The van der Waals surface area contributed by atoms with Crippen molar-refractivity contribution in [2.24, 2.45) is 0 Å². The van der Waals surface area contributed by atoms with Crippen LogP contribution in [0, 0.1) is 0 Å². The van der Waals surface area contributed by atoms with Crippen molar-refractivity contribution in [2.75, 3.05) is 19.5 Å². The van der Waals surface area contributed by atoms with E-state index in [1.165, 1.54) is 24.9 Å². The molecule has 2 rings (SSSR count). The van der Waals surface area contributed by atoms with Crippen LogP contribution in [0.5, 0.6) is 0 Å². The minimum Gasteiger partial charge on any atom is -0.394 e. The highest BCUT2D eigenvalue weighted by molar-refractivity contribution is 5.86. The molecule has 8 nitrogen and oxygen atoms in total. The van der Waals surface area contributed by atoms with E-state index in [2.05, 4.69) is 9.97 Å². The monoisotopic (exact) mass is 282 g/mol. The lowest BCUT2D eigenvalue weighted by atomic mass is 10.0. The van der Waals surface area contributed by atoms with Gasteiger partial charge in [0.05, 0.1) is 12.0 Å². The van der Waals surface area contributed by atoms with Crippen molar-refractivity contribution < 1.29 is 20.1 Å². The highest BCUT2D eigenvalue weighted by Gasteiger charge is 2.39. The second-order valence-corrected chi connectivity index (χ2v) is 4.68. The highest BCUT2D eigenvalue weighted by atomic mass is 16.5. The smallest absolute Gasteiger partial charge is 0.168 e. The van der Waals surface area contributed by atoms with E-state index in [4.69, 9.17) is 15.6 Å². The normalized spacial score (nSPS) is 17.9. The summed E-state index contributed by atoms with van der Waals surface area (Å²) in [7, 11) is 1.34. The number of ether oxygens (including phenoxy) is 1. The lowest BCUT2D eigenvalue weighted by Gasteiger charge is -2.34. The lowest BCUT2D eigenvalue weighted by Crippen LogP contribution is -2.50. The number of aliphatic hydroxyl groups is 3. The van der Waals surface area contributed by atoms with Crippen LogP contribution in [-0.2, 0) is 10.5 Å². The van der Waals surface area contributed by atoms with E-state index in [9.17, 15) is 10.2 Å². The van der Waals surface area contributed by atoms with Gasteiger partial charge >= 0.3 is 0 Å². The molecule has 0 aliphatic heterocycles. The minimum absolute atomic E-state index is 0.282. The molecule has 0 saturated heterocycles. The molecule has 2 aromatic heterocycles. The van der Waals surface area contributed by atoms with Crippen molar-refractivity contribution in [3.8, 4) is 0 Å². The highest BCUT2D eigenvalue weighted by Crippen LogP contribution is 2.27. The van der Waals surface area contributed by atoms with Gasteiger partial charge in [-0.1, -0.05) is 0 Å². The van der Waals surface area contributed by atoms with E-state index in [1.807, 2.05) is 0 Å². The van der Waals surface area contributed by atoms with Crippen LogP contribution in [0.4, 0.5) is 5.82 Å². The molecule has 0 aliphatic rings. The Morgan fingerprint density at radius 2 is 2.20 bits per heavy atom. The van der Waals surface area contributed by atoms with Crippen LogP contribution >= 0.6 is 0 Å². The maximum absolute atomic E-state index is 10.6. The Bertz CT molecular complexity index is 594. The number of nitrogen functional groups attached to an aromatic ring is 1. The third-order valence-corrected chi connectivity index (χ3v) is 3.40. The Morgan fingerprint density at radius 3 is 2.80 bits per heavy atom. The average Bonchev–Trinajstić information content (AvgIpc) is 2.86. The number of aromatic nitrogens is 3. The Labute approximate surface area is 115 Å². The van der Waals surface area contributed by atoms with Gasteiger partial charge in [-0.25, -0.2) is 9.97 Å². The molecule has 2 heterocycles. The van der Waals surface area contributed by atoms with Gasteiger partial charge in [-0.15, -0.1) is 0 Å². The van der Waals surface area contributed by atoms with E-state index >= 15 is 0 Å². The Kier molecular flexibility index (Phi) is 3.91. The number of hydrogen-bond acceptors (Lipinski definition) is 7. The summed E-state index contributed by atoms with van der Waals surface area (Å²) in [6.07, 6.45) is 0.533. The quantitative estimate of drug-likeness (QED) is 0.556. The SMILES string of the molecule is CO[C@H](CO)[C@@H](O)[C@@](C)(O)n1ccc2c(N)ncnc21. The summed E-state index contributed by atoms with van der Waals surface area (Å²) in [5.41, 5.74) is 4.38. The topological polar surface area (TPSA) is 127 Å². The first-order chi connectivity index (χ1) is 9.43. The number of rotatable bonds is 5. The van der Waals surface area contributed by atoms with Gasteiger partial charge in [0.15, 0.2) is 5.72 Å². The zero-order chi connectivity index (χ0) is 14.9. The fourth-order valence-corrected chi connectivity index (χ4v) is 2.13.